The predicted molar refractivity (Wildman–Crippen MR) is 132 cm³/mol. The molecule has 2 aromatic rings. The second kappa shape index (κ2) is 11.7. The number of methoxy groups -OCH3 is 1. The van der Waals surface area contributed by atoms with Gasteiger partial charge in [-0.1, -0.05) is 31.5 Å². The Balaban J connectivity index is 2.02. The van der Waals surface area contributed by atoms with E-state index in [2.05, 4.69) is 6.92 Å². The molecule has 1 saturated heterocycles. The number of hydrogen-bond acceptors (Lipinski definition) is 6. The molecule has 7 heteroatoms. The molecule has 1 amide bonds. The molecule has 3 rings (SSSR count). The Hall–Kier alpha value is -3.32. The van der Waals surface area contributed by atoms with Crippen molar-refractivity contribution in [2.45, 2.75) is 32.2 Å². The molecule has 0 unspecified atom stereocenters. The van der Waals surface area contributed by atoms with Crippen LogP contribution in [0.2, 0.25) is 0 Å². The number of hydrogen-bond donors (Lipinski definition) is 1. The summed E-state index contributed by atoms with van der Waals surface area (Å²) in [5.74, 6) is -0.269. The summed E-state index contributed by atoms with van der Waals surface area (Å²) in [5.41, 5.74) is 1.18. The number of Topliss-reactive ketones (excluding diaryl/α,β-unsaturated/α-hetero) is 1. The lowest BCUT2D eigenvalue weighted by molar-refractivity contribution is -0.140. The molecule has 1 atom stereocenters. The van der Waals surface area contributed by atoms with Gasteiger partial charge in [-0.3, -0.25) is 9.59 Å². The third kappa shape index (κ3) is 5.59. The van der Waals surface area contributed by atoms with Crippen LogP contribution in [-0.4, -0.2) is 67.5 Å². The number of ketones is 1. The van der Waals surface area contributed by atoms with Gasteiger partial charge in [0, 0.05) is 17.7 Å². The molecule has 0 aromatic heterocycles. The number of aliphatic hydroxyl groups is 1. The number of unbranched alkanes of at least 4 members (excludes halogenated alkanes) is 1. The van der Waals surface area contributed by atoms with Crippen LogP contribution in [0.15, 0.2) is 54.1 Å². The number of carbonyl (C=O) groups is 2. The SMILES string of the molecule is CCCCOc1ccc(/C(O)=C2\C(=O)C(=O)N(CCCN(C)C)[C@H]2c2ccccc2OC)cc1. The van der Waals surface area contributed by atoms with Crippen LogP contribution in [0.4, 0.5) is 0 Å². The molecule has 182 valence electrons. The van der Waals surface area contributed by atoms with Crippen molar-refractivity contribution in [1.82, 2.24) is 9.80 Å². The molecule has 1 aliphatic heterocycles. The van der Waals surface area contributed by atoms with E-state index >= 15 is 0 Å². The lowest BCUT2D eigenvalue weighted by atomic mass is 9.94. The quantitative estimate of drug-likeness (QED) is 0.231. The third-order valence-electron chi connectivity index (χ3n) is 5.87. The van der Waals surface area contributed by atoms with Gasteiger partial charge in [0.05, 0.1) is 25.3 Å². The molecule has 1 heterocycles. The van der Waals surface area contributed by atoms with Gasteiger partial charge in [-0.15, -0.1) is 0 Å². The number of likely N-dealkylation sites (tertiary alicyclic amines) is 1. The van der Waals surface area contributed by atoms with Crippen LogP contribution in [0.3, 0.4) is 0 Å². The van der Waals surface area contributed by atoms with Crippen LogP contribution in [0.25, 0.3) is 5.76 Å². The van der Waals surface area contributed by atoms with E-state index in [4.69, 9.17) is 9.47 Å². The molecule has 7 nitrogen and oxygen atoms in total. The average Bonchev–Trinajstić information content (AvgIpc) is 3.09. The maximum absolute atomic E-state index is 13.2. The largest absolute Gasteiger partial charge is 0.507 e. The summed E-state index contributed by atoms with van der Waals surface area (Å²) in [6.45, 7) is 3.86. The molecular weight excluding hydrogens is 432 g/mol. The van der Waals surface area contributed by atoms with E-state index in [1.807, 2.05) is 37.2 Å². The minimum absolute atomic E-state index is 0.0685. The molecule has 2 aromatic carbocycles. The number of nitrogens with zero attached hydrogens (tertiary/aromatic N) is 2. The zero-order valence-corrected chi connectivity index (χ0v) is 20.4. The minimum Gasteiger partial charge on any atom is -0.507 e. The van der Waals surface area contributed by atoms with E-state index < -0.39 is 17.7 Å². The lowest BCUT2D eigenvalue weighted by Crippen LogP contribution is -2.32. The fraction of sp³-hybridized carbons (Fsp3) is 0.407. The molecule has 1 fully saturated rings. The summed E-state index contributed by atoms with van der Waals surface area (Å²) in [6.07, 6.45) is 2.68. The first kappa shape index (κ1) is 25.3. The molecule has 0 saturated carbocycles. The average molecular weight is 467 g/mol. The number of aliphatic hydroxyl groups excluding tert-OH is 1. The Labute approximate surface area is 201 Å². The van der Waals surface area contributed by atoms with Crippen LogP contribution >= 0.6 is 0 Å². The first-order valence-corrected chi connectivity index (χ1v) is 11.7. The normalized spacial score (nSPS) is 17.4. The van der Waals surface area contributed by atoms with E-state index in [-0.39, 0.29) is 11.3 Å². The first-order valence-electron chi connectivity index (χ1n) is 11.7. The van der Waals surface area contributed by atoms with Crippen molar-refractivity contribution in [1.29, 1.82) is 0 Å². The molecule has 1 aliphatic rings. The fourth-order valence-electron chi connectivity index (χ4n) is 4.08. The highest BCUT2D eigenvalue weighted by molar-refractivity contribution is 6.46. The predicted octanol–water partition coefficient (Wildman–Crippen LogP) is 4.25. The number of ether oxygens (including phenoxy) is 2. The highest BCUT2D eigenvalue weighted by atomic mass is 16.5. The smallest absolute Gasteiger partial charge is 0.295 e. The van der Waals surface area contributed by atoms with Crippen molar-refractivity contribution >= 4 is 17.4 Å². The first-order chi connectivity index (χ1) is 16.4. The highest BCUT2D eigenvalue weighted by Crippen LogP contribution is 2.42. The van der Waals surface area contributed by atoms with Crippen LogP contribution in [0.1, 0.15) is 43.4 Å². The Morgan fingerprint density at radius 3 is 2.41 bits per heavy atom. The molecule has 1 N–H and O–H groups in total. The molecule has 0 aliphatic carbocycles. The van der Waals surface area contributed by atoms with Gasteiger partial charge in [-0.05, 0) is 63.8 Å². The van der Waals surface area contributed by atoms with Gasteiger partial charge in [0.15, 0.2) is 0 Å². The van der Waals surface area contributed by atoms with Gasteiger partial charge < -0.3 is 24.4 Å². The van der Waals surface area contributed by atoms with Crippen molar-refractivity contribution in [2.75, 3.05) is 40.9 Å². The monoisotopic (exact) mass is 466 g/mol. The van der Waals surface area contributed by atoms with Crippen molar-refractivity contribution < 1.29 is 24.2 Å². The highest BCUT2D eigenvalue weighted by Gasteiger charge is 2.46. The second-order valence-corrected chi connectivity index (χ2v) is 8.62. The Kier molecular flexibility index (Phi) is 8.71. The molecule has 0 spiro atoms. The molecule has 34 heavy (non-hydrogen) atoms. The van der Waals surface area contributed by atoms with Gasteiger partial charge in [0.1, 0.15) is 17.3 Å². The second-order valence-electron chi connectivity index (χ2n) is 8.62. The number of rotatable bonds is 11. The molecule has 0 radical (unpaired) electrons. The summed E-state index contributed by atoms with van der Waals surface area (Å²) in [4.78, 5) is 29.8. The van der Waals surface area contributed by atoms with E-state index in [0.29, 0.717) is 42.2 Å². The van der Waals surface area contributed by atoms with Crippen molar-refractivity contribution in [3.63, 3.8) is 0 Å². The van der Waals surface area contributed by atoms with Crippen LogP contribution < -0.4 is 9.47 Å². The van der Waals surface area contributed by atoms with E-state index in [0.717, 1.165) is 19.4 Å². The van der Waals surface area contributed by atoms with E-state index in [1.54, 1.807) is 37.4 Å². The maximum Gasteiger partial charge on any atom is 0.295 e. The number of amides is 1. The number of benzene rings is 2. The van der Waals surface area contributed by atoms with E-state index in [9.17, 15) is 14.7 Å². The summed E-state index contributed by atoms with van der Waals surface area (Å²) < 4.78 is 11.2. The number of para-hydroxylation sites is 1. The Morgan fingerprint density at radius 2 is 1.76 bits per heavy atom. The third-order valence-corrected chi connectivity index (χ3v) is 5.87. The Bertz CT molecular complexity index is 1030. The van der Waals surface area contributed by atoms with Gasteiger partial charge in [-0.2, -0.15) is 0 Å². The minimum atomic E-state index is -0.737. The number of carbonyl (C=O) groups excluding carboxylic acids is 2. The molecular formula is C27H34N2O5. The van der Waals surface area contributed by atoms with Crippen LogP contribution in [0.5, 0.6) is 11.5 Å². The standard InChI is InChI=1S/C27H34N2O5/c1-5-6-18-34-20-14-12-19(13-15-20)25(30)23-24(21-10-7-8-11-22(21)33-4)29(27(32)26(23)31)17-9-16-28(2)3/h7-8,10-15,24,30H,5-6,9,16-18H2,1-4H3/b25-23+/t24-/m0/s1. The van der Waals surface area contributed by atoms with Gasteiger partial charge in [0.2, 0.25) is 0 Å². The van der Waals surface area contributed by atoms with Crippen LogP contribution in [0, 0.1) is 0 Å². The zero-order chi connectivity index (χ0) is 24.7. The van der Waals surface area contributed by atoms with Crippen molar-refractivity contribution in [2.24, 2.45) is 0 Å². The van der Waals surface area contributed by atoms with E-state index in [1.165, 1.54) is 4.90 Å². The van der Waals surface area contributed by atoms with Crippen molar-refractivity contribution in [3.8, 4) is 11.5 Å². The van der Waals surface area contributed by atoms with Gasteiger partial charge >= 0.3 is 0 Å². The summed E-state index contributed by atoms with van der Waals surface area (Å²) in [5, 5.41) is 11.2. The Morgan fingerprint density at radius 1 is 1.06 bits per heavy atom. The lowest BCUT2D eigenvalue weighted by Gasteiger charge is -2.27. The fourth-order valence-corrected chi connectivity index (χ4v) is 4.08. The maximum atomic E-state index is 13.2. The van der Waals surface area contributed by atoms with Gasteiger partial charge in [0.25, 0.3) is 11.7 Å². The van der Waals surface area contributed by atoms with Crippen LogP contribution in [-0.2, 0) is 9.59 Å². The van der Waals surface area contributed by atoms with Crippen molar-refractivity contribution in [3.05, 3.63) is 65.2 Å². The molecule has 0 bridgehead atoms. The van der Waals surface area contributed by atoms with Gasteiger partial charge in [-0.25, -0.2) is 0 Å². The zero-order valence-electron chi connectivity index (χ0n) is 20.4. The summed E-state index contributed by atoms with van der Waals surface area (Å²) in [6, 6.07) is 13.5. The summed E-state index contributed by atoms with van der Waals surface area (Å²) in [7, 11) is 5.47. The topological polar surface area (TPSA) is 79.3 Å². The summed E-state index contributed by atoms with van der Waals surface area (Å²) >= 11 is 0.